The normalized spacial score (nSPS) is 12.6. The Morgan fingerprint density at radius 2 is 1.94 bits per heavy atom. The van der Waals surface area contributed by atoms with Gasteiger partial charge in [-0.2, -0.15) is 13.2 Å². The van der Waals surface area contributed by atoms with E-state index in [9.17, 15) is 22.4 Å². The number of hydrogen-bond acceptors (Lipinski definition) is 2. The van der Waals surface area contributed by atoms with Crippen LogP contribution < -0.4 is 11.1 Å². The largest absolute Gasteiger partial charge is 0.416 e. The lowest BCUT2D eigenvalue weighted by Crippen LogP contribution is -2.32. The fourth-order valence-electron chi connectivity index (χ4n) is 1.04. The van der Waals surface area contributed by atoms with E-state index in [0.29, 0.717) is 18.2 Å². The predicted octanol–water partition coefficient (Wildman–Crippen LogP) is 2.55. The van der Waals surface area contributed by atoms with Gasteiger partial charge in [0.2, 0.25) is 5.91 Å². The lowest BCUT2D eigenvalue weighted by atomic mass is 10.2. The van der Waals surface area contributed by atoms with Gasteiger partial charge in [0.25, 0.3) is 0 Å². The third kappa shape index (κ3) is 4.15. The van der Waals surface area contributed by atoms with Gasteiger partial charge in [-0.05, 0) is 25.1 Å². The molecule has 0 aliphatic rings. The van der Waals surface area contributed by atoms with Crippen molar-refractivity contribution in [1.82, 2.24) is 0 Å². The number of hydrogen-bond donors (Lipinski definition) is 2. The van der Waals surface area contributed by atoms with E-state index in [1.807, 2.05) is 5.32 Å². The summed E-state index contributed by atoms with van der Waals surface area (Å²) < 4.78 is 50.2. The first-order valence-electron chi connectivity index (χ1n) is 4.65. The average Bonchev–Trinajstić information content (AvgIpc) is 2.19. The highest BCUT2D eigenvalue weighted by atomic mass is 35.5. The summed E-state index contributed by atoms with van der Waals surface area (Å²) in [6.07, 6.45) is -4.60. The monoisotopic (exact) mass is 286 g/mol. The van der Waals surface area contributed by atoms with Gasteiger partial charge >= 0.3 is 6.18 Å². The molecule has 1 rings (SSSR count). The summed E-state index contributed by atoms with van der Waals surface area (Å²) in [5.41, 5.74) is 3.62. The number of halogens is 5. The average molecular weight is 287 g/mol. The summed E-state index contributed by atoms with van der Waals surface area (Å²) >= 11 is 0. The van der Waals surface area contributed by atoms with Crippen LogP contribution in [0.4, 0.5) is 23.2 Å². The number of amides is 1. The third-order valence-electron chi connectivity index (χ3n) is 1.97. The highest BCUT2D eigenvalue weighted by molar-refractivity contribution is 5.94. The van der Waals surface area contributed by atoms with Crippen LogP contribution in [0.5, 0.6) is 0 Å². The number of carbonyl (C=O) groups excluding carboxylic acids is 1. The number of carbonyl (C=O) groups is 1. The van der Waals surface area contributed by atoms with Gasteiger partial charge in [0, 0.05) is 0 Å². The third-order valence-corrected chi connectivity index (χ3v) is 1.97. The van der Waals surface area contributed by atoms with Gasteiger partial charge in [0.1, 0.15) is 5.82 Å². The van der Waals surface area contributed by atoms with Gasteiger partial charge < -0.3 is 11.1 Å². The topological polar surface area (TPSA) is 55.1 Å². The van der Waals surface area contributed by atoms with Gasteiger partial charge in [-0.25, -0.2) is 4.39 Å². The minimum Gasteiger partial charge on any atom is -0.322 e. The number of nitrogens with one attached hydrogen (secondary N) is 1. The summed E-state index contributed by atoms with van der Waals surface area (Å²) in [5.74, 6) is -1.71. The molecule has 0 spiro atoms. The lowest BCUT2D eigenvalue weighted by Gasteiger charge is -2.12. The molecule has 0 bridgehead atoms. The molecule has 0 aliphatic carbocycles. The Balaban J connectivity index is 0.00000289. The van der Waals surface area contributed by atoms with Crippen LogP contribution in [0.1, 0.15) is 12.5 Å². The molecule has 102 valence electrons. The standard InChI is InChI=1S/C10H10F4N2O.ClH/c1-5(15)9(17)16-8-4-6(10(12,13)14)2-3-7(8)11;/h2-5H,15H2,1H3,(H,16,17);1H/t5-;/m0./s1. The Labute approximate surface area is 107 Å². The van der Waals surface area contributed by atoms with E-state index in [-0.39, 0.29) is 12.4 Å². The minimum atomic E-state index is -4.60. The molecule has 0 unspecified atom stereocenters. The van der Waals surface area contributed by atoms with Gasteiger partial charge in [0.05, 0.1) is 17.3 Å². The second kappa shape index (κ2) is 6.01. The van der Waals surface area contributed by atoms with Crippen LogP contribution in [0.25, 0.3) is 0 Å². The zero-order valence-corrected chi connectivity index (χ0v) is 10.0. The minimum absolute atomic E-state index is 0. The van der Waals surface area contributed by atoms with Crippen molar-refractivity contribution in [3.63, 3.8) is 0 Å². The number of benzene rings is 1. The van der Waals surface area contributed by atoms with Crippen molar-refractivity contribution < 1.29 is 22.4 Å². The van der Waals surface area contributed by atoms with Crippen molar-refractivity contribution in [2.45, 2.75) is 19.1 Å². The van der Waals surface area contributed by atoms with Crippen LogP contribution in [0, 0.1) is 5.82 Å². The number of nitrogens with two attached hydrogens (primary N) is 1. The van der Waals surface area contributed by atoms with E-state index in [4.69, 9.17) is 5.73 Å². The summed E-state index contributed by atoms with van der Waals surface area (Å²) in [5, 5.41) is 1.98. The van der Waals surface area contributed by atoms with E-state index in [0.717, 1.165) is 0 Å². The SMILES string of the molecule is C[C@H](N)C(=O)Nc1cc(C(F)(F)F)ccc1F.Cl. The van der Waals surface area contributed by atoms with Crippen molar-refractivity contribution in [1.29, 1.82) is 0 Å². The maximum atomic E-state index is 13.2. The Morgan fingerprint density at radius 3 is 2.39 bits per heavy atom. The molecule has 3 nitrogen and oxygen atoms in total. The molecule has 0 heterocycles. The van der Waals surface area contributed by atoms with Crippen LogP contribution in [0.15, 0.2) is 18.2 Å². The molecule has 0 aliphatic heterocycles. The molecule has 0 saturated carbocycles. The van der Waals surface area contributed by atoms with E-state index in [2.05, 4.69) is 0 Å². The van der Waals surface area contributed by atoms with E-state index >= 15 is 0 Å². The van der Waals surface area contributed by atoms with Crippen molar-refractivity contribution in [2.75, 3.05) is 5.32 Å². The van der Waals surface area contributed by atoms with Crippen molar-refractivity contribution in [3.8, 4) is 0 Å². The zero-order valence-electron chi connectivity index (χ0n) is 9.22. The zero-order chi connectivity index (χ0) is 13.2. The van der Waals surface area contributed by atoms with Crippen LogP contribution >= 0.6 is 12.4 Å². The smallest absolute Gasteiger partial charge is 0.322 e. The molecular formula is C10H11ClF4N2O. The van der Waals surface area contributed by atoms with Crippen LogP contribution in [0.2, 0.25) is 0 Å². The first-order chi connectivity index (χ1) is 7.71. The maximum absolute atomic E-state index is 13.2. The second-order valence-electron chi connectivity index (χ2n) is 3.47. The Kier molecular flexibility index (Phi) is 5.56. The van der Waals surface area contributed by atoms with Crippen LogP contribution in [-0.4, -0.2) is 11.9 Å². The summed E-state index contributed by atoms with van der Waals surface area (Å²) in [6, 6.07) is 0.815. The highest BCUT2D eigenvalue weighted by Gasteiger charge is 2.31. The molecule has 18 heavy (non-hydrogen) atoms. The van der Waals surface area contributed by atoms with E-state index in [1.54, 1.807) is 0 Å². The molecule has 1 amide bonds. The van der Waals surface area contributed by atoms with Gasteiger partial charge in [-0.1, -0.05) is 0 Å². The van der Waals surface area contributed by atoms with Gasteiger partial charge in [-0.15, -0.1) is 12.4 Å². The Hall–Kier alpha value is -1.34. The molecule has 8 heteroatoms. The van der Waals surface area contributed by atoms with Crippen molar-refractivity contribution in [2.24, 2.45) is 5.73 Å². The Morgan fingerprint density at radius 1 is 1.39 bits per heavy atom. The maximum Gasteiger partial charge on any atom is 0.416 e. The summed E-state index contributed by atoms with van der Waals surface area (Å²) in [4.78, 5) is 11.1. The van der Waals surface area contributed by atoms with Crippen molar-refractivity contribution >= 4 is 24.0 Å². The fourth-order valence-corrected chi connectivity index (χ4v) is 1.04. The van der Waals surface area contributed by atoms with Gasteiger partial charge in [0.15, 0.2) is 0 Å². The summed E-state index contributed by atoms with van der Waals surface area (Å²) in [7, 11) is 0. The Bertz CT molecular complexity index is 434. The van der Waals surface area contributed by atoms with E-state index in [1.165, 1.54) is 6.92 Å². The quantitative estimate of drug-likeness (QED) is 0.821. The first kappa shape index (κ1) is 16.7. The van der Waals surface area contributed by atoms with Gasteiger partial charge in [-0.3, -0.25) is 4.79 Å². The lowest BCUT2D eigenvalue weighted by molar-refractivity contribution is -0.137. The molecule has 1 atom stereocenters. The van der Waals surface area contributed by atoms with Crippen LogP contribution in [0.3, 0.4) is 0 Å². The summed E-state index contributed by atoms with van der Waals surface area (Å²) in [6.45, 7) is 1.33. The highest BCUT2D eigenvalue weighted by Crippen LogP contribution is 2.31. The number of rotatable bonds is 2. The molecule has 1 aromatic rings. The molecule has 0 saturated heterocycles. The fraction of sp³-hybridized carbons (Fsp3) is 0.300. The second-order valence-corrected chi connectivity index (χ2v) is 3.47. The molecule has 0 radical (unpaired) electrons. The predicted molar refractivity (Wildman–Crippen MR) is 60.9 cm³/mol. The number of alkyl halides is 3. The molecule has 1 aromatic carbocycles. The van der Waals surface area contributed by atoms with Crippen molar-refractivity contribution in [3.05, 3.63) is 29.6 Å². The van der Waals surface area contributed by atoms with E-state index < -0.39 is 35.2 Å². The molecule has 0 fully saturated rings. The number of anilines is 1. The molecular weight excluding hydrogens is 276 g/mol. The molecule has 0 aromatic heterocycles. The van der Waals surface area contributed by atoms with Crippen LogP contribution in [-0.2, 0) is 11.0 Å². The molecule has 3 N–H and O–H groups in total. The first-order valence-corrected chi connectivity index (χ1v) is 4.65.